The zero-order chi connectivity index (χ0) is 8.97. The van der Waals surface area contributed by atoms with Crippen LogP contribution in [0.5, 0.6) is 0 Å². The number of aryl methyl sites for hydroxylation is 1. The third-order valence-corrected chi connectivity index (χ3v) is 1.48. The van der Waals surface area contributed by atoms with Crippen molar-refractivity contribution in [1.29, 1.82) is 0 Å². The lowest BCUT2D eigenvalue weighted by atomic mass is 10.1. The van der Waals surface area contributed by atoms with Crippen molar-refractivity contribution in [3.05, 3.63) is 35.4 Å². The molecule has 1 N–H and O–H groups in total. The molecular formula is C11H12O. The lowest BCUT2D eigenvalue weighted by molar-refractivity contribution is 0.253. The maximum absolute atomic E-state index is 8.89. The Kier molecular flexibility index (Phi) is 2.90. The van der Waals surface area contributed by atoms with E-state index in [4.69, 9.17) is 5.11 Å². The Bertz CT molecular complexity index is 298. The summed E-state index contributed by atoms with van der Waals surface area (Å²) in [5, 5.41) is 8.89. The molecule has 1 aromatic rings. The fourth-order valence-electron chi connectivity index (χ4n) is 0.825. The second-order valence-electron chi connectivity index (χ2n) is 2.81. The van der Waals surface area contributed by atoms with Crippen LogP contribution >= 0.6 is 0 Å². The Morgan fingerprint density at radius 1 is 1.25 bits per heavy atom. The first-order valence-electron chi connectivity index (χ1n) is 3.95. The van der Waals surface area contributed by atoms with Crippen molar-refractivity contribution in [2.45, 2.75) is 20.0 Å². The highest BCUT2D eigenvalue weighted by molar-refractivity contribution is 5.36. The van der Waals surface area contributed by atoms with Crippen molar-refractivity contribution in [3.63, 3.8) is 0 Å². The molecule has 0 spiro atoms. The summed E-state index contributed by atoms with van der Waals surface area (Å²) in [6.07, 6.45) is -0.550. The summed E-state index contributed by atoms with van der Waals surface area (Å²) in [5.41, 5.74) is 2.17. The Balaban J connectivity index is 2.79. The molecule has 1 atom stereocenters. The molecule has 0 saturated carbocycles. The van der Waals surface area contributed by atoms with Gasteiger partial charge >= 0.3 is 0 Å². The minimum absolute atomic E-state index is 0.550. The van der Waals surface area contributed by atoms with Gasteiger partial charge in [-0.2, -0.15) is 0 Å². The van der Waals surface area contributed by atoms with E-state index in [1.165, 1.54) is 5.56 Å². The van der Waals surface area contributed by atoms with Crippen LogP contribution in [0.1, 0.15) is 18.1 Å². The van der Waals surface area contributed by atoms with Crippen LogP contribution in [0.25, 0.3) is 0 Å². The summed E-state index contributed by atoms with van der Waals surface area (Å²) in [5.74, 6) is 5.56. The smallest absolute Gasteiger partial charge is 0.112 e. The molecule has 1 aromatic carbocycles. The maximum atomic E-state index is 8.89. The molecule has 0 radical (unpaired) electrons. The minimum Gasteiger partial charge on any atom is -0.381 e. The largest absolute Gasteiger partial charge is 0.381 e. The molecule has 0 amide bonds. The van der Waals surface area contributed by atoms with Gasteiger partial charge < -0.3 is 5.11 Å². The van der Waals surface area contributed by atoms with Gasteiger partial charge in [-0.05, 0) is 26.0 Å². The van der Waals surface area contributed by atoms with Gasteiger partial charge in [0.05, 0.1) is 0 Å². The van der Waals surface area contributed by atoms with Crippen molar-refractivity contribution in [2.75, 3.05) is 0 Å². The zero-order valence-corrected chi connectivity index (χ0v) is 7.33. The number of hydrogen-bond acceptors (Lipinski definition) is 1. The molecule has 0 bridgehead atoms. The van der Waals surface area contributed by atoms with E-state index in [9.17, 15) is 0 Å². The molecule has 1 heteroatoms. The molecule has 0 saturated heterocycles. The third-order valence-electron chi connectivity index (χ3n) is 1.48. The summed E-state index contributed by atoms with van der Waals surface area (Å²) in [6, 6.07) is 7.91. The average Bonchev–Trinajstić information content (AvgIpc) is 2.03. The Hall–Kier alpha value is -1.26. The summed E-state index contributed by atoms with van der Waals surface area (Å²) in [7, 11) is 0. The topological polar surface area (TPSA) is 20.2 Å². The minimum atomic E-state index is -0.550. The van der Waals surface area contributed by atoms with Crippen molar-refractivity contribution in [2.24, 2.45) is 0 Å². The predicted octanol–water partition coefficient (Wildman–Crippen LogP) is 1.73. The molecule has 0 aromatic heterocycles. The highest BCUT2D eigenvalue weighted by atomic mass is 16.3. The van der Waals surface area contributed by atoms with Crippen LogP contribution in [-0.2, 0) is 0 Å². The van der Waals surface area contributed by atoms with E-state index < -0.39 is 6.10 Å². The van der Waals surface area contributed by atoms with Crippen molar-refractivity contribution in [1.82, 2.24) is 0 Å². The first-order valence-corrected chi connectivity index (χ1v) is 3.95. The van der Waals surface area contributed by atoms with Gasteiger partial charge in [0.2, 0.25) is 0 Å². The van der Waals surface area contributed by atoms with E-state index in [-0.39, 0.29) is 0 Å². The first-order chi connectivity index (χ1) is 5.68. The summed E-state index contributed by atoms with van der Waals surface area (Å²) in [6.45, 7) is 3.69. The van der Waals surface area contributed by atoms with Crippen LogP contribution in [0.3, 0.4) is 0 Å². The number of rotatable bonds is 0. The molecule has 1 rings (SSSR count). The monoisotopic (exact) mass is 160 g/mol. The average molecular weight is 160 g/mol. The SMILES string of the molecule is Cc1ccc(C#C[C@H](C)O)cc1. The Labute approximate surface area is 73.0 Å². The third kappa shape index (κ3) is 2.77. The summed E-state index contributed by atoms with van der Waals surface area (Å²) < 4.78 is 0. The van der Waals surface area contributed by atoms with Gasteiger partial charge in [-0.1, -0.05) is 29.5 Å². The summed E-state index contributed by atoms with van der Waals surface area (Å²) in [4.78, 5) is 0. The van der Waals surface area contributed by atoms with Crippen LogP contribution in [-0.4, -0.2) is 11.2 Å². The lowest BCUT2D eigenvalue weighted by Crippen LogP contribution is -1.92. The number of hydrogen-bond donors (Lipinski definition) is 1. The maximum Gasteiger partial charge on any atom is 0.112 e. The molecule has 0 aliphatic heterocycles. The molecule has 0 heterocycles. The van der Waals surface area contributed by atoms with E-state index in [1.807, 2.05) is 31.2 Å². The molecular weight excluding hydrogens is 148 g/mol. The number of benzene rings is 1. The molecule has 0 unspecified atom stereocenters. The van der Waals surface area contributed by atoms with E-state index in [0.29, 0.717) is 0 Å². The van der Waals surface area contributed by atoms with Crippen LogP contribution in [0.15, 0.2) is 24.3 Å². The Morgan fingerprint density at radius 2 is 1.83 bits per heavy atom. The number of aliphatic hydroxyl groups is 1. The standard InChI is InChI=1S/C11H12O/c1-9-3-6-11(7-4-9)8-5-10(2)12/h3-4,6-7,10,12H,1-2H3/t10-/m0/s1. The molecule has 62 valence electrons. The fraction of sp³-hybridized carbons (Fsp3) is 0.273. The van der Waals surface area contributed by atoms with Gasteiger partial charge in [-0.15, -0.1) is 0 Å². The summed E-state index contributed by atoms with van der Waals surface area (Å²) >= 11 is 0. The Morgan fingerprint density at radius 3 is 2.33 bits per heavy atom. The molecule has 0 aliphatic rings. The zero-order valence-electron chi connectivity index (χ0n) is 7.33. The van der Waals surface area contributed by atoms with Gasteiger partial charge in [0, 0.05) is 5.56 Å². The second-order valence-corrected chi connectivity index (χ2v) is 2.81. The van der Waals surface area contributed by atoms with Crippen molar-refractivity contribution in [3.8, 4) is 11.8 Å². The van der Waals surface area contributed by atoms with E-state index >= 15 is 0 Å². The van der Waals surface area contributed by atoms with Gasteiger partial charge in [0.15, 0.2) is 0 Å². The predicted molar refractivity (Wildman–Crippen MR) is 49.7 cm³/mol. The fourth-order valence-corrected chi connectivity index (χ4v) is 0.825. The van der Waals surface area contributed by atoms with Crippen LogP contribution < -0.4 is 0 Å². The van der Waals surface area contributed by atoms with Crippen molar-refractivity contribution >= 4 is 0 Å². The second kappa shape index (κ2) is 3.94. The van der Waals surface area contributed by atoms with Crippen LogP contribution in [0.4, 0.5) is 0 Å². The van der Waals surface area contributed by atoms with Gasteiger partial charge in [-0.25, -0.2) is 0 Å². The molecule has 0 fully saturated rings. The van der Waals surface area contributed by atoms with Crippen LogP contribution in [0.2, 0.25) is 0 Å². The lowest BCUT2D eigenvalue weighted by Gasteiger charge is -1.92. The van der Waals surface area contributed by atoms with Gasteiger partial charge in [0.1, 0.15) is 6.10 Å². The number of aliphatic hydroxyl groups excluding tert-OH is 1. The highest BCUT2D eigenvalue weighted by Gasteiger charge is 1.87. The van der Waals surface area contributed by atoms with E-state index in [2.05, 4.69) is 11.8 Å². The van der Waals surface area contributed by atoms with E-state index in [1.54, 1.807) is 6.92 Å². The highest BCUT2D eigenvalue weighted by Crippen LogP contribution is 2.00. The first kappa shape index (κ1) is 8.83. The molecule has 1 nitrogen and oxygen atoms in total. The molecule has 0 aliphatic carbocycles. The van der Waals surface area contributed by atoms with Crippen LogP contribution in [0, 0.1) is 18.8 Å². The van der Waals surface area contributed by atoms with Crippen molar-refractivity contribution < 1.29 is 5.11 Å². The van der Waals surface area contributed by atoms with E-state index in [0.717, 1.165) is 5.56 Å². The quantitative estimate of drug-likeness (QED) is 0.573. The van der Waals surface area contributed by atoms with Gasteiger partial charge in [-0.3, -0.25) is 0 Å². The normalized spacial score (nSPS) is 11.6. The molecule has 12 heavy (non-hydrogen) atoms. The van der Waals surface area contributed by atoms with Gasteiger partial charge in [0.25, 0.3) is 0 Å².